The zero-order valence-corrected chi connectivity index (χ0v) is 19.4. The van der Waals surface area contributed by atoms with Gasteiger partial charge in [0, 0.05) is 22.9 Å². The largest absolute Gasteiger partial charge is 0.497 e. The van der Waals surface area contributed by atoms with E-state index in [4.69, 9.17) is 14.7 Å². The third-order valence-corrected chi connectivity index (χ3v) is 7.20. The molecule has 0 atom stereocenters. The summed E-state index contributed by atoms with van der Waals surface area (Å²) in [5.74, 6) is 1.50. The van der Waals surface area contributed by atoms with Crippen LogP contribution < -0.4 is 4.74 Å². The second-order valence-corrected chi connectivity index (χ2v) is 9.62. The number of aromatic nitrogens is 3. The fourth-order valence-corrected chi connectivity index (χ4v) is 5.26. The molecule has 0 fully saturated rings. The molecule has 0 amide bonds. The molecular formula is C23H18N4OS3. The molecule has 0 spiro atoms. The molecule has 0 unspecified atom stereocenters. The second-order valence-electron chi connectivity index (χ2n) is 6.55. The van der Waals surface area contributed by atoms with E-state index >= 15 is 0 Å². The first-order valence-electron chi connectivity index (χ1n) is 9.38. The van der Waals surface area contributed by atoms with Gasteiger partial charge in [-0.15, -0.1) is 11.3 Å². The summed E-state index contributed by atoms with van der Waals surface area (Å²) in [6.07, 6.45) is 1.75. The van der Waals surface area contributed by atoms with Crippen molar-refractivity contribution in [2.75, 3.05) is 7.11 Å². The summed E-state index contributed by atoms with van der Waals surface area (Å²) in [6.45, 7) is 2.07. The van der Waals surface area contributed by atoms with E-state index in [1.165, 1.54) is 34.2 Å². The van der Waals surface area contributed by atoms with Crippen LogP contribution in [0.3, 0.4) is 0 Å². The van der Waals surface area contributed by atoms with E-state index in [2.05, 4.69) is 42.2 Å². The third kappa shape index (κ3) is 5.25. The summed E-state index contributed by atoms with van der Waals surface area (Å²) >= 11 is 4.47. The third-order valence-electron chi connectivity index (χ3n) is 4.41. The molecule has 0 saturated carbocycles. The molecule has 2 heterocycles. The van der Waals surface area contributed by atoms with Crippen LogP contribution in [0.2, 0.25) is 0 Å². The number of nitrogens with zero attached hydrogens (tertiary/aromatic N) is 4. The van der Waals surface area contributed by atoms with Crippen LogP contribution in [0, 0.1) is 18.3 Å². The highest BCUT2D eigenvalue weighted by atomic mass is 32.2. The van der Waals surface area contributed by atoms with Gasteiger partial charge in [0.25, 0.3) is 0 Å². The van der Waals surface area contributed by atoms with E-state index < -0.39 is 0 Å². The number of nitriles is 1. The number of hydrogen-bond acceptors (Lipinski definition) is 8. The minimum absolute atomic E-state index is 0.449. The number of rotatable bonds is 7. The van der Waals surface area contributed by atoms with Crippen LogP contribution in [0.4, 0.5) is 0 Å². The lowest BCUT2D eigenvalue weighted by Gasteiger charge is -2.11. The van der Waals surface area contributed by atoms with Gasteiger partial charge in [-0.05, 0) is 48.5 Å². The topological polar surface area (TPSA) is 71.7 Å². The lowest BCUT2D eigenvalue weighted by molar-refractivity contribution is 0.415. The van der Waals surface area contributed by atoms with Crippen LogP contribution in [0.15, 0.2) is 74.6 Å². The minimum Gasteiger partial charge on any atom is -0.497 e. The van der Waals surface area contributed by atoms with Crippen LogP contribution >= 0.6 is 34.9 Å². The van der Waals surface area contributed by atoms with Crippen molar-refractivity contribution in [2.24, 2.45) is 0 Å². The fraction of sp³-hybridized carbons (Fsp3) is 0.130. The van der Waals surface area contributed by atoms with Crippen LogP contribution in [0.1, 0.15) is 16.7 Å². The van der Waals surface area contributed by atoms with Crippen LogP contribution in [-0.4, -0.2) is 22.1 Å². The quantitative estimate of drug-likeness (QED) is 0.183. The van der Waals surface area contributed by atoms with Crippen LogP contribution in [-0.2, 0) is 5.75 Å². The second kappa shape index (κ2) is 9.96. The van der Waals surface area contributed by atoms with E-state index in [-0.39, 0.29) is 0 Å². The van der Waals surface area contributed by atoms with Gasteiger partial charge in [-0.2, -0.15) is 5.26 Å². The van der Waals surface area contributed by atoms with Gasteiger partial charge in [0.15, 0.2) is 9.50 Å². The average molecular weight is 463 g/mol. The Hall–Kier alpha value is -2.86. The highest BCUT2D eigenvalue weighted by molar-refractivity contribution is 8.01. The lowest BCUT2D eigenvalue weighted by Crippen LogP contribution is -1.99. The van der Waals surface area contributed by atoms with Gasteiger partial charge in [-0.3, -0.25) is 0 Å². The number of ether oxygens (including phenoxy) is 1. The first kappa shape index (κ1) is 21.4. The Labute approximate surface area is 193 Å². The molecule has 0 saturated heterocycles. The molecule has 31 heavy (non-hydrogen) atoms. The maximum absolute atomic E-state index is 9.92. The Morgan fingerprint density at radius 1 is 1.06 bits per heavy atom. The zero-order valence-electron chi connectivity index (χ0n) is 16.9. The molecule has 0 aliphatic heterocycles. The maximum atomic E-state index is 9.92. The first-order chi connectivity index (χ1) is 15.2. The molecule has 0 N–H and O–H groups in total. The van der Waals surface area contributed by atoms with Crippen LogP contribution in [0.5, 0.6) is 5.75 Å². The van der Waals surface area contributed by atoms with Crippen molar-refractivity contribution in [3.63, 3.8) is 0 Å². The van der Waals surface area contributed by atoms with Gasteiger partial charge in [0.2, 0.25) is 0 Å². The van der Waals surface area contributed by atoms with Crippen LogP contribution in [0.25, 0.3) is 11.3 Å². The SMILES string of the molecule is COc1ccc(-c2nc(SCc3ccc(C)cc3)nc(Sc3nccs3)c2C#N)cc1. The zero-order chi connectivity index (χ0) is 21.6. The van der Waals surface area contributed by atoms with Gasteiger partial charge < -0.3 is 4.74 Å². The summed E-state index contributed by atoms with van der Waals surface area (Å²) in [4.78, 5) is 13.8. The molecule has 0 aliphatic carbocycles. The highest BCUT2D eigenvalue weighted by Crippen LogP contribution is 2.36. The Morgan fingerprint density at radius 2 is 1.84 bits per heavy atom. The predicted octanol–water partition coefficient (Wildman–Crippen LogP) is 6.23. The number of aryl methyl sites for hydroxylation is 1. The maximum Gasteiger partial charge on any atom is 0.189 e. The molecule has 2 aromatic carbocycles. The molecular weight excluding hydrogens is 444 g/mol. The van der Waals surface area contributed by atoms with Crippen molar-refractivity contribution in [1.29, 1.82) is 5.26 Å². The van der Waals surface area contributed by atoms with E-state index in [0.717, 1.165) is 21.4 Å². The molecule has 5 nitrogen and oxygen atoms in total. The van der Waals surface area contributed by atoms with Crippen molar-refractivity contribution >= 4 is 34.9 Å². The van der Waals surface area contributed by atoms with E-state index in [1.807, 2.05) is 29.6 Å². The molecule has 4 rings (SSSR count). The first-order valence-corrected chi connectivity index (χ1v) is 12.1. The van der Waals surface area contributed by atoms with Crippen molar-refractivity contribution in [1.82, 2.24) is 15.0 Å². The Kier molecular flexibility index (Phi) is 6.87. The van der Waals surface area contributed by atoms with Gasteiger partial charge in [0.05, 0.1) is 12.8 Å². The van der Waals surface area contributed by atoms with E-state index in [0.29, 0.717) is 21.4 Å². The number of hydrogen-bond donors (Lipinski definition) is 0. The molecule has 2 aromatic heterocycles. The smallest absolute Gasteiger partial charge is 0.189 e. The summed E-state index contributed by atoms with van der Waals surface area (Å²) < 4.78 is 6.10. The van der Waals surface area contributed by atoms with E-state index in [9.17, 15) is 5.26 Å². The monoisotopic (exact) mass is 462 g/mol. The molecule has 8 heteroatoms. The lowest BCUT2D eigenvalue weighted by atomic mass is 10.1. The Balaban J connectivity index is 1.72. The average Bonchev–Trinajstić information content (AvgIpc) is 3.31. The van der Waals surface area contributed by atoms with Gasteiger partial charge in [0.1, 0.15) is 22.4 Å². The summed E-state index contributed by atoms with van der Waals surface area (Å²) in [5, 5.41) is 13.1. The van der Waals surface area contributed by atoms with Gasteiger partial charge in [-0.25, -0.2) is 15.0 Å². The number of thioether (sulfide) groups is 1. The molecule has 154 valence electrons. The molecule has 0 aliphatic rings. The van der Waals surface area contributed by atoms with E-state index in [1.54, 1.807) is 25.1 Å². The number of methoxy groups -OCH3 is 1. The normalized spacial score (nSPS) is 10.6. The molecule has 4 aromatic rings. The summed E-state index contributed by atoms with van der Waals surface area (Å²) in [5.41, 5.74) is 4.34. The van der Waals surface area contributed by atoms with Crippen molar-refractivity contribution in [3.8, 4) is 23.1 Å². The number of thiazole rings is 1. The van der Waals surface area contributed by atoms with Crippen molar-refractivity contribution in [2.45, 2.75) is 27.2 Å². The Bertz CT molecular complexity index is 1200. The molecule has 0 radical (unpaired) electrons. The van der Waals surface area contributed by atoms with Gasteiger partial charge in [-0.1, -0.05) is 41.6 Å². The Morgan fingerprint density at radius 3 is 2.48 bits per heavy atom. The van der Waals surface area contributed by atoms with Crippen molar-refractivity contribution in [3.05, 3.63) is 76.8 Å². The fourth-order valence-electron chi connectivity index (χ4n) is 2.79. The minimum atomic E-state index is 0.449. The highest BCUT2D eigenvalue weighted by Gasteiger charge is 2.18. The summed E-state index contributed by atoms with van der Waals surface area (Å²) in [7, 11) is 1.63. The van der Waals surface area contributed by atoms with Crippen molar-refractivity contribution < 1.29 is 4.74 Å². The molecule has 0 bridgehead atoms. The van der Waals surface area contributed by atoms with Gasteiger partial charge >= 0.3 is 0 Å². The number of benzene rings is 2. The predicted molar refractivity (Wildman–Crippen MR) is 126 cm³/mol. The standard InChI is InChI=1S/C23H18N4OS3/c1-15-3-5-16(6-4-15)14-30-22-26-20(17-7-9-18(28-2)10-8-17)19(13-24)21(27-22)31-23-25-11-12-29-23/h3-12H,14H2,1-2H3. The summed E-state index contributed by atoms with van der Waals surface area (Å²) in [6, 6.07) is 18.3.